The molecule has 1 heterocycles. The van der Waals surface area contributed by atoms with E-state index < -0.39 is 5.97 Å². The second-order valence-electron chi connectivity index (χ2n) is 3.59. The first-order valence-corrected chi connectivity index (χ1v) is 6.39. The van der Waals surface area contributed by atoms with Gasteiger partial charge in [0.05, 0.1) is 5.56 Å². The number of carboxylic acid groups (broad SMARTS) is 1. The lowest BCUT2D eigenvalue weighted by Crippen LogP contribution is -2.28. The van der Waals surface area contributed by atoms with Crippen LogP contribution >= 0.6 is 11.3 Å². The highest BCUT2D eigenvalue weighted by Gasteiger charge is 2.08. The van der Waals surface area contributed by atoms with Crippen molar-refractivity contribution in [2.24, 2.45) is 0 Å². The molecule has 7 heteroatoms. The van der Waals surface area contributed by atoms with E-state index >= 15 is 0 Å². The Bertz CT molecular complexity index is 508. The summed E-state index contributed by atoms with van der Waals surface area (Å²) >= 11 is 1.27. The number of amides is 2. The molecule has 0 saturated heterocycles. The minimum atomic E-state index is -1.04. The summed E-state index contributed by atoms with van der Waals surface area (Å²) in [6, 6.07) is 1.60. The second kappa shape index (κ2) is 7.32. The van der Waals surface area contributed by atoms with Gasteiger partial charge in [-0.2, -0.15) is 0 Å². The summed E-state index contributed by atoms with van der Waals surface area (Å²) < 4.78 is 0. The lowest BCUT2D eigenvalue weighted by Gasteiger charge is -2.02. The molecule has 3 N–H and O–H groups in total. The molecule has 0 unspecified atom stereocenters. The van der Waals surface area contributed by atoms with E-state index in [0.717, 1.165) is 6.08 Å². The average Bonchev–Trinajstić information content (AvgIpc) is 2.84. The lowest BCUT2D eigenvalue weighted by atomic mass is 10.2. The van der Waals surface area contributed by atoms with Gasteiger partial charge in [-0.05, 0) is 12.1 Å². The van der Waals surface area contributed by atoms with Crippen molar-refractivity contribution in [3.05, 3.63) is 28.0 Å². The van der Waals surface area contributed by atoms with Crippen molar-refractivity contribution in [1.82, 2.24) is 10.6 Å². The number of carbonyl (C=O) groups excluding carboxylic acids is 2. The van der Waals surface area contributed by atoms with E-state index in [9.17, 15) is 14.4 Å². The fraction of sp³-hybridized carbons (Fsp3) is 0.250. The number of thiophene rings is 1. The predicted molar refractivity (Wildman–Crippen MR) is 72.0 cm³/mol. The maximum absolute atomic E-state index is 11.7. The van der Waals surface area contributed by atoms with Gasteiger partial charge >= 0.3 is 5.97 Å². The zero-order chi connectivity index (χ0) is 14.3. The highest BCUT2D eigenvalue weighted by Crippen LogP contribution is 2.16. The van der Waals surface area contributed by atoms with Crippen molar-refractivity contribution in [3.8, 4) is 0 Å². The van der Waals surface area contributed by atoms with Crippen LogP contribution in [0.5, 0.6) is 0 Å². The van der Waals surface area contributed by atoms with Crippen molar-refractivity contribution in [2.75, 3.05) is 13.6 Å². The van der Waals surface area contributed by atoms with Crippen molar-refractivity contribution in [1.29, 1.82) is 0 Å². The summed E-state index contributed by atoms with van der Waals surface area (Å²) in [4.78, 5) is 33.7. The fourth-order valence-electron chi connectivity index (χ4n) is 1.23. The van der Waals surface area contributed by atoms with Crippen LogP contribution in [-0.2, 0) is 9.59 Å². The van der Waals surface area contributed by atoms with Gasteiger partial charge in [-0.15, -0.1) is 11.3 Å². The van der Waals surface area contributed by atoms with Gasteiger partial charge in [0.15, 0.2) is 0 Å². The van der Waals surface area contributed by atoms with Gasteiger partial charge in [0, 0.05) is 36.3 Å². The molecule has 0 spiro atoms. The van der Waals surface area contributed by atoms with Crippen LogP contribution in [0.4, 0.5) is 0 Å². The van der Waals surface area contributed by atoms with Gasteiger partial charge in [0.25, 0.3) is 5.91 Å². The SMILES string of the molecule is CNC(=O)CCNC(=O)c1csc(C=CC(=O)O)c1. The number of carbonyl (C=O) groups is 3. The number of hydrogen-bond donors (Lipinski definition) is 3. The van der Waals surface area contributed by atoms with Crippen molar-refractivity contribution >= 4 is 35.2 Å². The standard InChI is InChI=1S/C12H14N2O4S/c1-13-10(15)4-5-14-12(18)8-6-9(19-7-8)2-3-11(16)17/h2-3,6-7H,4-5H2,1H3,(H,13,15)(H,14,18)(H,16,17). The van der Waals surface area contributed by atoms with Gasteiger partial charge in [-0.1, -0.05) is 0 Å². The molecule has 0 aliphatic carbocycles. The monoisotopic (exact) mass is 282 g/mol. The van der Waals surface area contributed by atoms with Gasteiger partial charge in [-0.25, -0.2) is 4.79 Å². The van der Waals surface area contributed by atoms with Gasteiger partial charge in [0.1, 0.15) is 0 Å². The summed E-state index contributed by atoms with van der Waals surface area (Å²) in [7, 11) is 1.53. The van der Waals surface area contributed by atoms with Crippen LogP contribution in [0.2, 0.25) is 0 Å². The normalized spacial score (nSPS) is 10.4. The van der Waals surface area contributed by atoms with Crippen LogP contribution in [0.15, 0.2) is 17.5 Å². The molecule has 1 aromatic rings. The van der Waals surface area contributed by atoms with E-state index in [4.69, 9.17) is 5.11 Å². The molecule has 0 fully saturated rings. The van der Waals surface area contributed by atoms with Crippen LogP contribution in [0.1, 0.15) is 21.7 Å². The van der Waals surface area contributed by atoms with Crippen LogP contribution < -0.4 is 10.6 Å². The van der Waals surface area contributed by atoms with E-state index in [2.05, 4.69) is 10.6 Å². The average molecular weight is 282 g/mol. The topological polar surface area (TPSA) is 95.5 Å². The second-order valence-corrected chi connectivity index (χ2v) is 4.53. The molecule has 0 aromatic carbocycles. The molecular formula is C12H14N2O4S. The first-order valence-electron chi connectivity index (χ1n) is 5.51. The summed E-state index contributed by atoms with van der Waals surface area (Å²) in [5.41, 5.74) is 0.451. The van der Waals surface area contributed by atoms with Crippen molar-refractivity contribution < 1.29 is 19.5 Å². The van der Waals surface area contributed by atoms with Gasteiger partial charge < -0.3 is 15.7 Å². The highest BCUT2D eigenvalue weighted by atomic mass is 32.1. The summed E-state index contributed by atoms with van der Waals surface area (Å²) in [6.45, 7) is 0.259. The molecule has 0 saturated carbocycles. The molecule has 0 aliphatic heterocycles. The van der Waals surface area contributed by atoms with E-state index in [-0.39, 0.29) is 24.8 Å². The Morgan fingerprint density at radius 3 is 2.79 bits per heavy atom. The van der Waals surface area contributed by atoms with Crippen LogP contribution in [0, 0.1) is 0 Å². The molecule has 6 nitrogen and oxygen atoms in total. The van der Waals surface area contributed by atoms with Crippen LogP contribution in [0.3, 0.4) is 0 Å². The molecule has 1 aromatic heterocycles. The Morgan fingerprint density at radius 2 is 2.16 bits per heavy atom. The van der Waals surface area contributed by atoms with Crippen LogP contribution in [-0.4, -0.2) is 36.5 Å². The molecule has 102 valence electrons. The molecule has 0 radical (unpaired) electrons. The van der Waals surface area contributed by atoms with Crippen LogP contribution in [0.25, 0.3) is 6.08 Å². The van der Waals surface area contributed by atoms with Crippen molar-refractivity contribution in [2.45, 2.75) is 6.42 Å². The Balaban J connectivity index is 2.49. The number of aliphatic carboxylic acids is 1. The first kappa shape index (κ1) is 14.9. The Kier molecular flexibility index (Phi) is 5.74. The number of nitrogens with one attached hydrogen (secondary N) is 2. The van der Waals surface area contributed by atoms with Crippen molar-refractivity contribution in [3.63, 3.8) is 0 Å². The van der Waals surface area contributed by atoms with Gasteiger partial charge in [-0.3, -0.25) is 9.59 Å². The Labute approximate surface area is 114 Å². The molecule has 0 aliphatic rings. The van der Waals surface area contributed by atoms with Gasteiger partial charge in [0.2, 0.25) is 5.91 Å². The van der Waals surface area contributed by atoms with E-state index in [1.807, 2.05) is 0 Å². The molecule has 1 rings (SSSR count). The fourth-order valence-corrected chi connectivity index (χ4v) is 2.01. The number of hydrogen-bond acceptors (Lipinski definition) is 4. The molecule has 2 amide bonds. The molecular weight excluding hydrogens is 268 g/mol. The minimum absolute atomic E-state index is 0.143. The third kappa shape index (κ3) is 5.35. The zero-order valence-electron chi connectivity index (χ0n) is 10.3. The maximum Gasteiger partial charge on any atom is 0.328 e. The quantitative estimate of drug-likeness (QED) is 0.670. The Morgan fingerprint density at radius 1 is 1.42 bits per heavy atom. The summed E-state index contributed by atoms with van der Waals surface area (Å²) in [6.07, 6.45) is 2.66. The lowest BCUT2D eigenvalue weighted by molar-refractivity contribution is -0.131. The third-order valence-corrected chi connectivity index (χ3v) is 3.09. The van der Waals surface area contributed by atoms with E-state index in [1.54, 1.807) is 11.4 Å². The summed E-state index contributed by atoms with van der Waals surface area (Å²) in [5.74, 6) is -1.46. The first-order chi connectivity index (χ1) is 9.02. The zero-order valence-corrected chi connectivity index (χ0v) is 11.1. The smallest absolute Gasteiger partial charge is 0.328 e. The van der Waals surface area contributed by atoms with E-state index in [1.165, 1.54) is 24.5 Å². The third-order valence-electron chi connectivity index (χ3n) is 2.19. The predicted octanol–water partition coefficient (Wildman–Crippen LogP) is 0.712. The molecule has 0 atom stereocenters. The number of carboxylic acids is 1. The molecule has 0 bridgehead atoms. The number of rotatable bonds is 6. The van der Waals surface area contributed by atoms with E-state index in [0.29, 0.717) is 10.4 Å². The largest absolute Gasteiger partial charge is 0.478 e. The highest BCUT2D eigenvalue weighted by molar-refractivity contribution is 7.11. The summed E-state index contributed by atoms with van der Waals surface area (Å²) in [5, 5.41) is 15.2. The minimum Gasteiger partial charge on any atom is -0.478 e. The Hall–Kier alpha value is -2.15. The molecule has 19 heavy (non-hydrogen) atoms. The maximum atomic E-state index is 11.7.